The summed E-state index contributed by atoms with van der Waals surface area (Å²) in [6, 6.07) is 51.2. The fourth-order valence-corrected chi connectivity index (χ4v) is 8.41. The molecule has 0 bridgehead atoms. The maximum Gasteiger partial charge on any atom is 0.136 e. The molecule has 0 spiro atoms. The second-order valence-corrected chi connectivity index (χ2v) is 13.6. The first-order chi connectivity index (χ1) is 27.4. The third-order valence-electron chi connectivity index (χ3n) is 9.56. The van der Waals surface area contributed by atoms with E-state index in [2.05, 4.69) is 78.9 Å². The molecule has 240 valence electrons. The van der Waals surface area contributed by atoms with Crippen molar-refractivity contribution >= 4 is 70.5 Å². The van der Waals surface area contributed by atoms with Gasteiger partial charge in [-0.05, 0) is 88.4 Å². The second kappa shape index (κ2) is 12.2. The normalized spacial score (nSPS) is 12.9. The number of nitrogens with zero attached hydrogens (tertiary/aromatic N) is 1. The molecule has 2 nitrogen and oxygen atoms in total. The van der Waals surface area contributed by atoms with Gasteiger partial charge in [0, 0.05) is 47.9 Å². The molecule has 0 atom stereocenters. The van der Waals surface area contributed by atoms with Crippen LogP contribution in [-0.2, 0) is 0 Å². The topological polar surface area (TPSA) is 16.4 Å². The van der Waals surface area contributed by atoms with Crippen LogP contribution in [0.3, 0.4) is 0 Å². The van der Waals surface area contributed by atoms with Crippen LogP contribution in [0, 0.1) is 0 Å². The van der Waals surface area contributed by atoms with Crippen LogP contribution in [0.5, 0.6) is 0 Å². The van der Waals surface area contributed by atoms with Crippen molar-refractivity contribution in [1.82, 2.24) is 0 Å². The number of rotatable bonds is 6. The Balaban J connectivity index is 1.29. The lowest BCUT2D eigenvalue weighted by atomic mass is 9.89. The standard InChI is InChI=1S/C48H31NOS/c1-3-14-32(15-4-1)37-22-12-24-42(47(37)40-23-13-26-44-48(40)39-21-7-9-25-43(39)50-44)49(35-17-5-2-6-18-35)36-19-11-16-33(30-36)34-28-29-46-41(31-34)38-20-8-10-27-45(38)51-46/h1-31H/i2D,5D,6D,17D,18D. The van der Waals surface area contributed by atoms with Gasteiger partial charge in [0.25, 0.3) is 0 Å². The van der Waals surface area contributed by atoms with E-state index in [0.717, 1.165) is 55.3 Å². The molecule has 0 saturated carbocycles. The van der Waals surface area contributed by atoms with Crippen molar-refractivity contribution in [1.29, 1.82) is 0 Å². The highest BCUT2D eigenvalue weighted by Crippen LogP contribution is 2.49. The van der Waals surface area contributed by atoms with Crippen molar-refractivity contribution in [3.63, 3.8) is 0 Å². The maximum absolute atomic E-state index is 9.31. The lowest BCUT2D eigenvalue weighted by Gasteiger charge is -2.29. The fourth-order valence-electron chi connectivity index (χ4n) is 7.32. The minimum atomic E-state index is -0.443. The van der Waals surface area contributed by atoms with Crippen molar-refractivity contribution in [3.8, 4) is 33.4 Å². The Morgan fingerprint density at radius 2 is 1.16 bits per heavy atom. The lowest BCUT2D eigenvalue weighted by molar-refractivity contribution is 0.669. The molecule has 0 aliphatic heterocycles. The van der Waals surface area contributed by atoms with Crippen LogP contribution in [-0.4, -0.2) is 0 Å². The number of hydrogen-bond acceptors (Lipinski definition) is 3. The number of furan rings is 1. The van der Waals surface area contributed by atoms with Crippen LogP contribution in [0.1, 0.15) is 6.85 Å². The summed E-state index contributed by atoms with van der Waals surface area (Å²) in [5.41, 5.74) is 8.41. The summed E-state index contributed by atoms with van der Waals surface area (Å²) in [7, 11) is 0. The van der Waals surface area contributed by atoms with Crippen molar-refractivity contribution in [2.24, 2.45) is 0 Å². The summed E-state index contributed by atoms with van der Waals surface area (Å²) >= 11 is 1.77. The van der Waals surface area contributed by atoms with Gasteiger partial charge in [0.2, 0.25) is 0 Å². The van der Waals surface area contributed by atoms with Crippen molar-refractivity contribution < 1.29 is 11.3 Å². The summed E-state index contributed by atoms with van der Waals surface area (Å²) < 4.78 is 53.5. The molecule has 0 N–H and O–H groups in total. The van der Waals surface area contributed by atoms with Crippen LogP contribution < -0.4 is 4.90 Å². The van der Waals surface area contributed by atoms with Gasteiger partial charge in [-0.3, -0.25) is 0 Å². The Morgan fingerprint density at radius 1 is 0.471 bits per heavy atom. The van der Waals surface area contributed by atoms with E-state index in [9.17, 15) is 2.74 Å². The second-order valence-electron chi connectivity index (χ2n) is 12.5. The number of para-hydroxylation sites is 2. The molecule has 10 aromatic rings. The summed E-state index contributed by atoms with van der Waals surface area (Å²) in [6.07, 6.45) is 0. The minimum Gasteiger partial charge on any atom is -0.456 e. The molecule has 0 fully saturated rings. The summed E-state index contributed by atoms with van der Waals surface area (Å²) in [5.74, 6) is 0. The molecular formula is C48H31NOS. The molecule has 51 heavy (non-hydrogen) atoms. The zero-order valence-corrected chi connectivity index (χ0v) is 28.1. The van der Waals surface area contributed by atoms with Gasteiger partial charge in [-0.2, -0.15) is 0 Å². The molecule has 0 aliphatic rings. The molecule has 0 unspecified atom stereocenters. The van der Waals surface area contributed by atoms with Gasteiger partial charge < -0.3 is 9.32 Å². The van der Waals surface area contributed by atoms with Crippen LogP contribution >= 0.6 is 11.3 Å². The van der Waals surface area contributed by atoms with E-state index in [0.29, 0.717) is 11.4 Å². The molecule has 2 heterocycles. The van der Waals surface area contributed by atoms with Crippen molar-refractivity contribution in [2.75, 3.05) is 4.90 Å². The number of fused-ring (bicyclic) bond motifs is 6. The third kappa shape index (κ3) is 5.01. The molecule has 10 rings (SSSR count). The summed E-state index contributed by atoms with van der Waals surface area (Å²) in [5, 5.41) is 4.27. The average Bonchev–Trinajstić information content (AvgIpc) is 3.82. The zero-order valence-electron chi connectivity index (χ0n) is 32.3. The Hall–Kier alpha value is -6.42. The highest BCUT2D eigenvalue weighted by molar-refractivity contribution is 7.25. The molecule has 0 amide bonds. The smallest absolute Gasteiger partial charge is 0.136 e. The maximum atomic E-state index is 9.31. The molecule has 2 aromatic heterocycles. The lowest BCUT2D eigenvalue weighted by Crippen LogP contribution is -2.12. The van der Waals surface area contributed by atoms with Crippen molar-refractivity contribution in [2.45, 2.75) is 0 Å². The first-order valence-electron chi connectivity index (χ1n) is 19.4. The van der Waals surface area contributed by atoms with Crippen LogP contribution in [0.15, 0.2) is 192 Å². The predicted octanol–water partition coefficient (Wildman–Crippen LogP) is 14.4. The van der Waals surface area contributed by atoms with Gasteiger partial charge in [-0.25, -0.2) is 0 Å². The van der Waals surface area contributed by atoms with Gasteiger partial charge in [-0.1, -0.05) is 127 Å². The first kappa shape index (κ1) is 24.7. The van der Waals surface area contributed by atoms with Gasteiger partial charge in [0.1, 0.15) is 11.2 Å². The van der Waals surface area contributed by atoms with Crippen molar-refractivity contribution in [3.05, 3.63) is 188 Å². The molecule has 3 heteroatoms. The van der Waals surface area contributed by atoms with Gasteiger partial charge in [-0.15, -0.1) is 11.3 Å². The average molecular weight is 675 g/mol. The van der Waals surface area contributed by atoms with Gasteiger partial charge in [0.05, 0.1) is 12.5 Å². The molecule has 0 aliphatic carbocycles. The minimum absolute atomic E-state index is 0.0584. The Morgan fingerprint density at radius 3 is 2.06 bits per heavy atom. The number of hydrogen-bond donors (Lipinski definition) is 0. The first-order valence-corrected chi connectivity index (χ1v) is 17.7. The Labute approximate surface area is 307 Å². The SMILES string of the molecule is [2H]c1c([2H])c([2H])c(N(c2cccc(-c3ccc4sc5ccccc5c4c3)c2)c2cccc(-c3ccccc3)c2-c2cccc3oc4ccccc4c23)c([2H])c1[2H]. The Bertz CT molecular complexity index is 3140. The number of thiophene rings is 1. The highest BCUT2D eigenvalue weighted by Gasteiger charge is 2.23. The molecular weight excluding hydrogens is 639 g/mol. The molecule has 8 aromatic carbocycles. The monoisotopic (exact) mass is 674 g/mol. The molecule has 0 saturated heterocycles. The van der Waals surface area contributed by atoms with Gasteiger partial charge in [0.15, 0.2) is 0 Å². The highest BCUT2D eigenvalue weighted by atomic mass is 32.1. The largest absolute Gasteiger partial charge is 0.456 e. The van der Waals surface area contributed by atoms with E-state index in [1.54, 1.807) is 11.3 Å². The van der Waals surface area contributed by atoms with E-state index in [1.807, 2.05) is 83.8 Å². The Kier molecular flexibility index (Phi) is 5.89. The van der Waals surface area contributed by atoms with Crippen LogP contribution in [0.25, 0.3) is 75.5 Å². The van der Waals surface area contributed by atoms with E-state index in [1.165, 1.54) is 20.2 Å². The zero-order chi connectivity index (χ0) is 38.1. The number of anilines is 3. The van der Waals surface area contributed by atoms with E-state index in [-0.39, 0.29) is 17.8 Å². The third-order valence-corrected chi connectivity index (χ3v) is 10.7. The van der Waals surface area contributed by atoms with E-state index < -0.39 is 18.1 Å². The predicted molar refractivity (Wildman–Crippen MR) is 218 cm³/mol. The fraction of sp³-hybridized carbons (Fsp3) is 0. The van der Waals surface area contributed by atoms with E-state index in [4.69, 9.17) is 8.53 Å². The summed E-state index contributed by atoms with van der Waals surface area (Å²) in [6.45, 7) is 0. The van der Waals surface area contributed by atoms with E-state index >= 15 is 0 Å². The summed E-state index contributed by atoms with van der Waals surface area (Å²) in [4.78, 5) is 1.84. The quantitative estimate of drug-likeness (QED) is 0.175. The molecule has 0 radical (unpaired) electrons. The van der Waals surface area contributed by atoms with Crippen LogP contribution in [0.2, 0.25) is 0 Å². The number of benzene rings is 8. The van der Waals surface area contributed by atoms with Crippen LogP contribution in [0.4, 0.5) is 17.1 Å². The van der Waals surface area contributed by atoms with Gasteiger partial charge >= 0.3 is 0 Å².